The van der Waals surface area contributed by atoms with E-state index in [0.29, 0.717) is 0 Å². The fourth-order valence-corrected chi connectivity index (χ4v) is 3.07. The van der Waals surface area contributed by atoms with E-state index < -0.39 is 5.66 Å². The molecule has 116 valence electrons. The molecule has 2 heterocycles. The van der Waals surface area contributed by atoms with Gasteiger partial charge in [-0.3, -0.25) is 9.80 Å². The van der Waals surface area contributed by atoms with Crippen molar-refractivity contribution in [3.63, 3.8) is 0 Å². The van der Waals surface area contributed by atoms with Crippen molar-refractivity contribution in [3.05, 3.63) is 59.3 Å². The summed E-state index contributed by atoms with van der Waals surface area (Å²) in [5.41, 5.74) is 0.752. The minimum atomic E-state index is -0.395. The van der Waals surface area contributed by atoms with Crippen LogP contribution >= 0.6 is 11.6 Å². The number of hydrogen-bond donors (Lipinski definition) is 1. The van der Waals surface area contributed by atoms with E-state index in [1.54, 1.807) is 6.34 Å². The maximum atomic E-state index is 6.04. The molecule has 0 radical (unpaired) electrons. The Balaban J connectivity index is 1.85. The number of nitrogens with zero attached hydrogens (tertiary/aromatic N) is 3. The number of aliphatic imine (C=N–C) groups is 1. The molecule has 0 bridgehead atoms. The number of benzene rings is 1. The van der Waals surface area contributed by atoms with E-state index in [-0.39, 0.29) is 0 Å². The van der Waals surface area contributed by atoms with Crippen LogP contribution in [0.3, 0.4) is 0 Å². The molecule has 1 aromatic carbocycles. The van der Waals surface area contributed by atoms with Gasteiger partial charge < -0.3 is 5.32 Å². The highest BCUT2D eigenvalue weighted by Gasteiger charge is 2.35. The molecule has 0 fully saturated rings. The number of nitrogens with one attached hydrogen (secondary N) is 1. The van der Waals surface area contributed by atoms with Crippen LogP contribution in [-0.4, -0.2) is 42.9 Å². The zero-order valence-corrected chi connectivity index (χ0v) is 13.5. The third kappa shape index (κ3) is 3.09. The summed E-state index contributed by atoms with van der Waals surface area (Å²) in [6.45, 7) is 2.96. The van der Waals surface area contributed by atoms with Crippen molar-refractivity contribution in [2.45, 2.75) is 12.1 Å². The summed E-state index contributed by atoms with van der Waals surface area (Å²) in [7, 11) is 2.13. The van der Waals surface area contributed by atoms with Crippen LogP contribution in [0.15, 0.2) is 53.7 Å². The summed E-state index contributed by atoms with van der Waals surface area (Å²) in [4.78, 5) is 8.88. The van der Waals surface area contributed by atoms with Gasteiger partial charge in [0.25, 0.3) is 0 Å². The predicted octanol–water partition coefficient (Wildman–Crippen LogP) is 2.79. The second-order valence-electron chi connectivity index (χ2n) is 5.69. The molecule has 0 spiro atoms. The molecule has 1 aromatic rings. The Morgan fingerprint density at radius 2 is 2.14 bits per heavy atom. The quantitative estimate of drug-likeness (QED) is 0.867. The number of halogens is 1. The Morgan fingerprint density at radius 3 is 2.77 bits per heavy atom. The van der Waals surface area contributed by atoms with Gasteiger partial charge in [0.1, 0.15) is 5.66 Å². The number of rotatable bonds is 4. The van der Waals surface area contributed by atoms with Crippen molar-refractivity contribution in [2.75, 3.05) is 26.8 Å². The fraction of sp³-hybridized carbons (Fsp3) is 0.353. The zero-order valence-electron chi connectivity index (χ0n) is 12.7. The summed E-state index contributed by atoms with van der Waals surface area (Å²) in [6.07, 6.45) is 11.3. The lowest BCUT2D eigenvalue weighted by molar-refractivity contribution is 0.0721. The largest absolute Gasteiger partial charge is 0.351 e. The summed E-state index contributed by atoms with van der Waals surface area (Å²) < 4.78 is 0. The van der Waals surface area contributed by atoms with Gasteiger partial charge in [0.15, 0.2) is 0 Å². The van der Waals surface area contributed by atoms with E-state index in [0.717, 1.165) is 36.8 Å². The average molecular weight is 317 g/mol. The molecule has 1 N–H and O–H groups in total. The van der Waals surface area contributed by atoms with Crippen LogP contribution in [-0.2, 0) is 5.66 Å². The molecule has 0 aromatic heterocycles. The molecule has 1 atom stereocenters. The molecule has 0 saturated carbocycles. The summed E-state index contributed by atoms with van der Waals surface area (Å²) >= 11 is 6.04. The van der Waals surface area contributed by atoms with Crippen LogP contribution in [0.5, 0.6) is 0 Å². The van der Waals surface area contributed by atoms with Gasteiger partial charge in [-0.15, -0.1) is 0 Å². The fourth-order valence-electron chi connectivity index (χ4n) is 2.95. The zero-order chi connectivity index (χ0) is 15.4. The smallest absolute Gasteiger partial charge is 0.140 e. The van der Waals surface area contributed by atoms with E-state index in [4.69, 9.17) is 11.6 Å². The maximum absolute atomic E-state index is 6.04. The summed E-state index contributed by atoms with van der Waals surface area (Å²) in [6, 6.07) is 7.98. The second-order valence-corrected chi connectivity index (χ2v) is 6.12. The van der Waals surface area contributed by atoms with E-state index in [1.165, 1.54) is 0 Å². The van der Waals surface area contributed by atoms with E-state index in [9.17, 15) is 0 Å². The van der Waals surface area contributed by atoms with Crippen molar-refractivity contribution < 1.29 is 0 Å². The first-order valence-corrected chi connectivity index (χ1v) is 7.90. The van der Waals surface area contributed by atoms with Crippen LogP contribution < -0.4 is 5.32 Å². The molecule has 0 aliphatic carbocycles. The number of hydrogen-bond acceptors (Lipinski definition) is 4. The first-order chi connectivity index (χ1) is 10.7. The summed E-state index contributed by atoms with van der Waals surface area (Å²) in [5, 5.41) is 4.16. The van der Waals surface area contributed by atoms with Gasteiger partial charge in [-0.1, -0.05) is 35.9 Å². The monoisotopic (exact) mass is 316 g/mol. The first-order valence-electron chi connectivity index (χ1n) is 7.52. The highest BCUT2D eigenvalue weighted by Crippen LogP contribution is 2.29. The molecular weight excluding hydrogens is 296 g/mol. The van der Waals surface area contributed by atoms with Gasteiger partial charge in [0, 0.05) is 24.3 Å². The number of likely N-dealkylation sites (N-methyl/N-ethyl adjacent to an activating group) is 1. The van der Waals surface area contributed by atoms with Gasteiger partial charge >= 0.3 is 0 Å². The van der Waals surface area contributed by atoms with Crippen LogP contribution in [0.25, 0.3) is 0 Å². The van der Waals surface area contributed by atoms with Crippen LogP contribution in [0.1, 0.15) is 12.0 Å². The maximum Gasteiger partial charge on any atom is 0.140 e. The molecule has 5 heteroatoms. The SMILES string of the molecule is CN(CN1CC=CCC1)C1(c2ccc(Cl)cc2)C=CN=CN1. The Bertz CT molecular complexity index is 593. The normalized spacial score (nSPS) is 24.7. The van der Waals surface area contributed by atoms with E-state index in [1.807, 2.05) is 18.3 Å². The third-order valence-electron chi connectivity index (χ3n) is 4.20. The van der Waals surface area contributed by atoms with E-state index in [2.05, 4.69) is 57.5 Å². The van der Waals surface area contributed by atoms with Crippen LogP contribution in [0.4, 0.5) is 0 Å². The van der Waals surface area contributed by atoms with Crippen molar-refractivity contribution in [3.8, 4) is 0 Å². The average Bonchev–Trinajstić information content (AvgIpc) is 2.57. The molecule has 22 heavy (non-hydrogen) atoms. The first kappa shape index (κ1) is 15.3. The highest BCUT2D eigenvalue weighted by molar-refractivity contribution is 6.30. The Hall–Kier alpha value is -1.62. The van der Waals surface area contributed by atoms with Gasteiger partial charge in [-0.25, -0.2) is 4.99 Å². The molecule has 3 rings (SSSR count). The standard InChI is InChI=1S/C17H21ClN4/c1-21(14-22-11-3-2-4-12-22)17(9-10-19-13-20-17)15-5-7-16(18)8-6-15/h2-3,5-10,13H,4,11-12,14H2,1H3,(H,19,20). The molecule has 2 aliphatic rings. The lowest BCUT2D eigenvalue weighted by atomic mass is 9.97. The van der Waals surface area contributed by atoms with Crippen LogP contribution in [0.2, 0.25) is 5.02 Å². The van der Waals surface area contributed by atoms with Crippen molar-refractivity contribution in [1.82, 2.24) is 15.1 Å². The molecule has 1 unspecified atom stereocenters. The van der Waals surface area contributed by atoms with Gasteiger partial charge in [-0.05, 0) is 37.2 Å². The van der Waals surface area contributed by atoms with Crippen molar-refractivity contribution in [2.24, 2.45) is 4.99 Å². The third-order valence-corrected chi connectivity index (χ3v) is 4.45. The second kappa shape index (κ2) is 6.65. The van der Waals surface area contributed by atoms with Gasteiger partial charge in [0.05, 0.1) is 13.0 Å². The summed E-state index contributed by atoms with van der Waals surface area (Å²) in [5.74, 6) is 0. The van der Waals surface area contributed by atoms with Crippen LogP contribution in [0, 0.1) is 0 Å². The van der Waals surface area contributed by atoms with Gasteiger partial charge in [0.2, 0.25) is 0 Å². The van der Waals surface area contributed by atoms with Crippen molar-refractivity contribution >= 4 is 17.9 Å². The molecule has 0 saturated heterocycles. The molecular formula is C17H21ClN4. The Labute approximate surface area is 136 Å². The molecule has 0 amide bonds. The molecule has 4 nitrogen and oxygen atoms in total. The van der Waals surface area contributed by atoms with Crippen molar-refractivity contribution in [1.29, 1.82) is 0 Å². The highest BCUT2D eigenvalue weighted by atomic mass is 35.5. The Morgan fingerprint density at radius 1 is 1.32 bits per heavy atom. The minimum absolute atomic E-state index is 0.395. The Kier molecular flexibility index (Phi) is 4.62. The topological polar surface area (TPSA) is 30.9 Å². The molecule has 2 aliphatic heterocycles. The lowest BCUT2D eigenvalue weighted by Gasteiger charge is -2.43. The lowest BCUT2D eigenvalue weighted by Crippen LogP contribution is -2.56. The minimum Gasteiger partial charge on any atom is -0.351 e. The van der Waals surface area contributed by atoms with E-state index >= 15 is 0 Å². The van der Waals surface area contributed by atoms with Gasteiger partial charge in [-0.2, -0.15) is 0 Å². The predicted molar refractivity (Wildman–Crippen MR) is 91.9 cm³/mol.